The van der Waals surface area contributed by atoms with Gasteiger partial charge in [-0.3, -0.25) is 0 Å². The summed E-state index contributed by atoms with van der Waals surface area (Å²) in [5.74, 6) is 6.54. The van der Waals surface area contributed by atoms with Crippen molar-refractivity contribution in [3.63, 3.8) is 0 Å². The predicted octanol–water partition coefficient (Wildman–Crippen LogP) is 6.60. The summed E-state index contributed by atoms with van der Waals surface area (Å²) in [6.07, 6.45) is 5.00. The first kappa shape index (κ1) is 30.7. The molecule has 0 amide bonds. The largest absolute Gasteiger partial charge is 0.461 e. The molecule has 4 atom stereocenters. The van der Waals surface area contributed by atoms with Gasteiger partial charge in [-0.05, 0) is 51.0 Å². The van der Waals surface area contributed by atoms with Crippen LogP contribution in [0.1, 0.15) is 39.5 Å². The van der Waals surface area contributed by atoms with Crippen molar-refractivity contribution in [3.05, 3.63) is 24.3 Å². The van der Waals surface area contributed by atoms with Crippen LogP contribution in [-0.2, 0) is 19.1 Å². The number of carbonyl (C=O) groups excluding carboxylic acids is 2. The number of thioether (sulfide) groups is 6. The lowest BCUT2D eigenvalue weighted by Crippen LogP contribution is -2.16. The van der Waals surface area contributed by atoms with E-state index in [2.05, 4.69) is 36.7 Å². The molecule has 2 aliphatic heterocycles. The molecule has 2 rings (SSSR count). The minimum Gasteiger partial charge on any atom is -0.461 e. The topological polar surface area (TPSA) is 52.6 Å². The highest BCUT2D eigenvalue weighted by atomic mass is 32.2. The van der Waals surface area contributed by atoms with Gasteiger partial charge in [0.25, 0.3) is 0 Å². The van der Waals surface area contributed by atoms with Crippen molar-refractivity contribution >= 4 is 82.5 Å². The fraction of sp³-hybridized carbons (Fsp3) is 0.750. The van der Waals surface area contributed by atoms with Crippen LogP contribution in [0.5, 0.6) is 0 Å². The van der Waals surface area contributed by atoms with Gasteiger partial charge in [-0.15, -0.1) is 47.0 Å². The molecule has 0 aromatic heterocycles. The Hall–Kier alpha value is 0.520. The van der Waals surface area contributed by atoms with Crippen LogP contribution < -0.4 is 0 Å². The van der Waals surface area contributed by atoms with Crippen molar-refractivity contribution in [2.45, 2.75) is 59.2 Å². The van der Waals surface area contributed by atoms with E-state index in [9.17, 15) is 9.59 Å². The maximum Gasteiger partial charge on any atom is 0.333 e. The Kier molecular flexibility index (Phi) is 16.2. The van der Waals surface area contributed by atoms with Crippen LogP contribution in [0.4, 0.5) is 0 Å². The fourth-order valence-electron chi connectivity index (χ4n) is 3.10. The maximum atomic E-state index is 11.5. The van der Waals surface area contributed by atoms with Crippen molar-refractivity contribution in [1.29, 1.82) is 0 Å². The molecular formula is C24H38O4S6. The highest BCUT2D eigenvalue weighted by molar-refractivity contribution is 8.20. The molecule has 34 heavy (non-hydrogen) atoms. The molecule has 2 aliphatic rings. The van der Waals surface area contributed by atoms with Crippen molar-refractivity contribution in [1.82, 2.24) is 0 Å². The van der Waals surface area contributed by atoms with E-state index in [0.29, 0.717) is 44.0 Å². The van der Waals surface area contributed by atoms with Crippen molar-refractivity contribution in [3.8, 4) is 0 Å². The Labute approximate surface area is 231 Å². The standard InChI is InChI=1S/C24H38O4S6/c1-17(2)23(25)27-13-19-15-31-21(33-19)7-5-9-29-11-12-30-10-6-8-22-32-16-20(34-22)14-28-24(26)18(3)4/h19-22H,1,3,5-16H2,2,4H3. The predicted molar refractivity (Wildman–Crippen MR) is 160 cm³/mol. The second kappa shape index (κ2) is 17.9. The zero-order chi connectivity index (χ0) is 24.8. The number of hydrogen-bond acceptors (Lipinski definition) is 10. The van der Waals surface area contributed by atoms with Crippen LogP contribution in [0.2, 0.25) is 0 Å². The van der Waals surface area contributed by atoms with Gasteiger partial charge in [-0.2, -0.15) is 23.5 Å². The first-order chi connectivity index (χ1) is 16.3. The average Bonchev–Trinajstić information content (AvgIpc) is 3.46. The molecule has 0 aromatic carbocycles. The molecule has 10 heteroatoms. The Morgan fingerprint density at radius 3 is 1.56 bits per heavy atom. The molecule has 0 bridgehead atoms. The third-order valence-electron chi connectivity index (χ3n) is 4.95. The molecular weight excluding hydrogens is 545 g/mol. The highest BCUT2D eigenvalue weighted by Gasteiger charge is 2.27. The second-order valence-corrected chi connectivity index (χ2v) is 16.8. The van der Waals surface area contributed by atoms with E-state index in [1.54, 1.807) is 13.8 Å². The first-order valence-electron chi connectivity index (χ1n) is 11.7. The SMILES string of the molecule is C=C(C)C(=O)OCC1CSC(CCCSCCSCCCC2SCC(COC(=O)C(=C)C)S2)S1. The van der Waals surface area contributed by atoms with E-state index >= 15 is 0 Å². The van der Waals surface area contributed by atoms with Crippen LogP contribution in [0.3, 0.4) is 0 Å². The lowest BCUT2D eigenvalue weighted by atomic mass is 10.4. The summed E-state index contributed by atoms with van der Waals surface area (Å²) in [5, 5.41) is 0.849. The normalized spacial score (nSPS) is 24.2. The van der Waals surface area contributed by atoms with Crippen LogP contribution in [-0.4, -0.2) is 79.3 Å². The molecule has 4 unspecified atom stereocenters. The van der Waals surface area contributed by atoms with E-state index in [-0.39, 0.29) is 11.9 Å². The van der Waals surface area contributed by atoms with E-state index in [1.165, 1.54) is 48.7 Å². The van der Waals surface area contributed by atoms with E-state index < -0.39 is 0 Å². The van der Waals surface area contributed by atoms with Gasteiger partial charge in [0, 0.05) is 44.7 Å². The summed E-state index contributed by atoms with van der Waals surface area (Å²) in [6, 6.07) is 0. The third kappa shape index (κ3) is 13.2. The first-order valence-corrected chi connectivity index (χ1v) is 18.0. The fourth-order valence-corrected chi connectivity index (χ4v) is 11.8. The third-order valence-corrected chi connectivity index (χ3v) is 14.1. The monoisotopic (exact) mass is 582 g/mol. The van der Waals surface area contributed by atoms with Gasteiger partial charge in [0.15, 0.2) is 0 Å². The van der Waals surface area contributed by atoms with Crippen molar-refractivity contribution < 1.29 is 19.1 Å². The van der Waals surface area contributed by atoms with Gasteiger partial charge in [0.2, 0.25) is 0 Å². The molecule has 2 heterocycles. The van der Waals surface area contributed by atoms with E-state index in [4.69, 9.17) is 9.47 Å². The second-order valence-electron chi connectivity index (χ2n) is 8.31. The number of carbonyl (C=O) groups is 2. The number of esters is 2. The summed E-state index contributed by atoms with van der Waals surface area (Å²) < 4.78 is 11.9. The molecule has 194 valence electrons. The van der Waals surface area contributed by atoms with Gasteiger partial charge in [-0.25, -0.2) is 9.59 Å². The van der Waals surface area contributed by atoms with Gasteiger partial charge in [-0.1, -0.05) is 13.2 Å². The Morgan fingerprint density at radius 2 is 1.18 bits per heavy atom. The molecule has 0 spiro atoms. The minimum absolute atomic E-state index is 0.271. The molecule has 4 nitrogen and oxygen atoms in total. The summed E-state index contributed by atoms with van der Waals surface area (Å²) in [7, 11) is 0. The number of ether oxygens (including phenoxy) is 2. The zero-order valence-electron chi connectivity index (χ0n) is 20.3. The molecule has 0 aromatic rings. The zero-order valence-corrected chi connectivity index (χ0v) is 25.2. The van der Waals surface area contributed by atoms with Gasteiger partial charge < -0.3 is 9.47 Å². The van der Waals surface area contributed by atoms with Gasteiger partial charge in [0.05, 0.1) is 9.16 Å². The molecule has 2 saturated heterocycles. The van der Waals surface area contributed by atoms with E-state index in [0.717, 1.165) is 11.5 Å². The lowest BCUT2D eigenvalue weighted by Gasteiger charge is -2.11. The lowest BCUT2D eigenvalue weighted by molar-refractivity contribution is -0.139. The van der Waals surface area contributed by atoms with E-state index in [1.807, 2.05) is 47.0 Å². The maximum absolute atomic E-state index is 11.5. The molecule has 0 N–H and O–H groups in total. The van der Waals surface area contributed by atoms with Gasteiger partial charge >= 0.3 is 11.9 Å². The number of hydrogen-bond donors (Lipinski definition) is 0. The van der Waals surface area contributed by atoms with Crippen molar-refractivity contribution in [2.75, 3.05) is 47.7 Å². The van der Waals surface area contributed by atoms with Gasteiger partial charge in [0.1, 0.15) is 13.2 Å². The summed E-state index contributed by atoms with van der Waals surface area (Å²) in [5.41, 5.74) is 0.950. The average molecular weight is 583 g/mol. The summed E-state index contributed by atoms with van der Waals surface area (Å²) >= 11 is 12.1. The minimum atomic E-state index is -0.271. The Bertz CT molecular complexity index is 618. The molecule has 0 aliphatic carbocycles. The Morgan fingerprint density at radius 1 is 0.765 bits per heavy atom. The Balaban J connectivity index is 1.35. The van der Waals surface area contributed by atoms with Crippen LogP contribution in [0, 0.1) is 0 Å². The van der Waals surface area contributed by atoms with Crippen LogP contribution in [0.25, 0.3) is 0 Å². The summed E-state index contributed by atoms with van der Waals surface area (Å²) in [6.45, 7) is 11.7. The molecule has 0 radical (unpaired) electrons. The van der Waals surface area contributed by atoms with Crippen molar-refractivity contribution in [2.24, 2.45) is 0 Å². The quantitative estimate of drug-likeness (QED) is 0.106. The van der Waals surface area contributed by atoms with Crippen LogP contribution in [0.15, 0.2) is 24.3 Å². The van der Waals surface area contributed by atoms with Crippen LogP contribution >= 0.6 is 70.6 Å². The highest BCUT2D eigenvalue weighted by Crippen LogP contribution is 2.41. The number of rotatable bonds is 17. The molecule has 2 fully saturated rings. The summed E-state index contributed by atoms with van der Waals surface area (Å²) in [4.78, 5) is 23.0. The molecule has 0 saturated carbocycles. The smallest absolute Gasteiger partial charge is 0.333 e.